The third kappa shape index (κ3) is 1.62. The second kappa shape index (κ2) is 3.28. The quantitative estimate of drug-likeness (QED) is 0.493. The number of hydrogen-bond acceptors (Lipinski definition) is 2. The van der Waals surface area contributed by atoms with Crippen molar-refractivity contribution in [2.24, 2.45) is 0 Å². The van der Waals surface area contributed by atoms with E-state index < -0.39 is 0 Å². The van der Waals surface area contributed by atoms with Gasteiger partial charge >= 0.3 is 0 Å². The van der Waals surface area contributed by atoms with Gasteiger partial charge in [-0.15, -0.1) is 11.6 Å². The summed E-state index contributed by atoms with van der Waals surface area (Å²) in [6, 6.07) is 0. The smallest absolute Gasteiger partial charge is 0.0944 e. The molecule has 1 aliphatic rings. The first kappa shape index (κ1) is 6.33. The maximum absolute atomic E-state index is 5.48. The molecule has 0 unspecified atom stereocenters. The zero-order valence-corrected chi connectivity index (χ0v) is 5.36. The number of alkyl halides is 1. The van der Waals surface area contributed by atoms with Gasteiger partial charge in [0.1, 0.15) is 0 Å². The van der Waals surface area contributed by atoms with Gasteiger partial charge in [-0.3, -0.25) is 0 Å². The molecule has 0 radical (unpaired) electrons. The summed E-state index contributed by atoms with van der Waals surface area (Å²) in [6.45, 7) is 2.06. The van der Waals surface area contributed by atoms with Gasteiger partial charge < -0.3 is 9.47 Å². The lowest BCUT2D eigenvalue weighted by molar-refractivity contribution is -0.0782. The van der Waals surface area contributed by atoms with Crippen LogP contribution in [0, 0.1) is 0 Å². The highest BCUT2D eigenvalue weighted by Crippen LogP contribution is 2.01. The Morgan fingerprint density at radius 2 is 2.38 bits per heavy atom. The molecule has 0 bridgehead atoms. The molecule has 0 spiro atoms. The van der Waals surface area contributed by atoms with Crippen LogP contribution in [0.1, 0.15) is 0 Å². The predicted molar refractivity (Wildman–Crippen MR) is 31.3 cm³/mol. The summed E-state index contributed by atoms with van der Waals surface area (Å²) in [7, 11) is 0. The van der Waals surface area contributed by atoms with Crippen LogP contribution in [0.2, 0.25) is 0 Å². The van der Waals surface area contributed by atoms with Crippen molar-refractivity contribution in [3.8, 4) is 0 Å². The topological polar surface area (TPSA) is 18.5 Å². The second-order valence-corrected chi connectivity index (χ2v) is 2.03. The van der Waals surface area contributed by atoms with Gasteiger partial charge in [-0.05, 0) is 0 Å². The first-order valence-electron chi connectivity index (χ1n) is 2.69. The third-order valence-corrected chi connectivity index (χ3v) is 1.40. The van der Waals surface area contributed by atoms with Crippen molar-refractivity contribution in [1.29, 1.82) is 0 Å². The van der Waals surface area contributed by atoms with Crippen LogP contribution >= 0.6 is 11.6 Å². The van der Waals surface area contributed by atoms with Crippen molar-refractivity contribution in [3.05, 3.63) is 0 Å². The van der Waals surface area contributed by atoms with Crippen molar-refractivity contribution in [2.75, 3.05) is 25.7 Å². The summed E-state index contributed by atoms with van der Waals surface area (Å²) in [5, 5.41) is 0. The van der Waals surface area contributed by atoms with E-state index in [2.05, 4.69) is 0 Å². The highest BCUT2D eigenvalue weighted by atomic mass is 35.5. The van der Waals surface area contributed by atoms with E-state index in [-0.39, 0.29) is 6.10 Å². The highest BCUT2D eigenvalue weighted by Gasteiger charge is 2.11. The number of halogens is 1. The fourth-order valence-electron chi connectivity index (χ4n) is 0.626. The Kier molecular flexibility index (Phi) is 2.59. The Morgan fingerprint density at radius 1 is 1.50 bits per heavy atom. The van der Waals surface area contributed by atoms with Crippen LogP contribution in [0.4, 0.5) is 0 Å². The fraction of sp³-hybridized carbons (Fsp3) is 1.00. The molecular formula is C5H9ClO2. The first-order chi connectivity index (χ1) is 3.93. The van der Waals surface area contributed by atoms with Crippen LogP contribution in [0.15, 0.2) is 0 Å². The third-order valence-electron chi connectivity index (χ3n) is 1.06. The molecular weight excluding hydrogens is 128 g/mol. The number of rotatable bonds is 1. The Bertz CT molecular complexity index is 61.4. The monoisotopic (exact) mass is 136 g/mol. The van der Waals surface area contributed by atoms with Crippen molar-refractivity contribution >= 4 is 11.6 Å². The largest absolute Gasteiger partial charge is 0.376 e. The van der Waals surface area contributed by atoms with Gasteiger partial charge in [-0.2, -0.15) is 0 Å². The van der Waals surface area contributed by atoms with E-state index in [4.69, 9.17) is 21.1 Å². The summed E-state index contributed by atoms with van der Waals surface area (Å²) >= 11 is 5.48. The Hall–Kier alpha value is 0.210. The summed E-state index contributed by atoms with van der Waals surface area (Å²) in [5.74, 6) is 0.542. The molecule has 0 aliphatic carbocycles. The molecule has 1 saturated heterocycles. The maximum Gasteiger partial charge on any atom is 0.0944 e. The minimum absolute atomic E-state index is 0.130. The minimum Gasteiger partial charge on any atom is -0.376 e. The van der Waals surface area contributed by atoms with E-state index >= 15 is 0 Å². The van der Waals surface area contributed by atoms with Crippen LogP contribution in [0.5, 0.6) is 0 Å². The molecule has 1 aliphatic heterocycles. The SMILES string of the molecule is ClC[C@@H]1COCCO1. The molecule has 1 heterocycles. The fourth-order valence-corrected chi connectivity index (χ4v) is 0.804. The van der Waals surface area contributed by atoms with Crippen LogP contribution in [-0.2, 0) is 9.47 Å². The normalized spacial score (nSPS) is 30.4. The lowest BCUT2D eigenvalue weighted by atomic mass is 10.4. The van der Waals surface area contributed by atoms with Crippen molar-refractivity contribution in [3.63, 3.8) is 0 Å². The van der Waals surface area contributed by atoms with Gasteiger partial charge in [0, 0.05) is 0 Å². The molecule has 1 atom stereocenters. The Labute approximate surface area is 53.7 Å². The molecule has 0 aromatic carbocycles. The molecule has 48 valence electrons. The molecule has 2 nitrogen and oxygen atoms in total. The molecule has 0 N–H and O–H groups in total. The zero-order chi connectivity index (χ0) is 5.82. The van der Waals surface area contributed by atoms with Crippen molar-refractivity contribution in [2.45, 2.75) is 6.10 Å². The molecule has 3 heteroatoms. The van der Waals surface area contributed by atoms with Gasteiger partial charge in [0.2, 0.25) is 0 Å². The predicted octanol–water partition coefficient (Wildman–Crippen LogP) is 0.641. The zero-order valence-electron chi connectivity index (χ0n) is 4.60. The van der Waals surface area contributed by atoms with Crippen LogP contribution in [-0.4, -0.2) is 31.8 Å². The summed E-state index contributed by atoms with van der Waals surface area (Å²) in [4.78, 5) is 0. The molecule has 1 fully saturated rings. The van der Waals surface area contributed by atoms with E-state index in [1.165, 1.54) is 0 Å². The molecule has 0 saturated carbocycles. The maximum atomic E-state index is 5.48. The van der Waals surface area contributed by atoms with Crippen LogP contribution < -0.4 is 0 Å². The number of hydrogen-bond donors (Lipinski definition) is 0. The van der Waals surface area contributed by atoms with E-state index in [0.29, 0.717) is 25.7 Å². The second-order valence-electron chi connectivity index (χ2n) is 1.72. The lowest BCUT2D eigenvalue weighted by Gasteiger charge is -2.20. The van der Waals surface area contributed by atoms with Crippen LogP contribution in [0.3, 0.4) is 0 Å². The molecule has 0 aromatic rings. The Balaban J connectivity index is 2.13. The van der Waals surface area contributed by atoms with Gasteiger partial charge in [-0.1, -0.05) is 0 Å². The van der Waals surface area contributed by atoms with Gasteiger partial charge in [0.05, 0.1) is 31.8 Å². The van der Waals surface area contributed by atoms with Gasteiger partial charge in [0.25, 0.3) is 0 Å². The first-order valence-corrected chi connectivity index (χ1v) is 3.22. The summed E-state index contributed by atoms with van der Waals surface area (Å²) in [5.41, 5.74) is 0. The highest BCUT2D eigenvalue weighted by molar-refractivity contribution is 6.18. The van der Waals surface area contributed by atoms with E-state index in [9.17, 15) is 0 Å². The molecule has 1 rings (SSSR count). The van der Waals surface area contributed by atoms with E-state index in [0.717, 1.165) is 0 Å². The lowest BCUT2D eigenvalue weighted by Crippen LogP contribution is -2.29. The standard InChI is InChI=1S/C5H9ClO2/c6-3-5-4-7-1-2-8-5/h5H,1-4H2/t5-/m1/s1. The summed E-state index contributed by atoms with van der Waals surface area (Å²) in [6.07, 6.45) is 0.130. The van der Waals surface area contributed by atoms with Crippen LogP contribution in [0.25, 0.3) is 0 Å². The summed E-state index contributed by atoms with van der Waals surface area (Å²) < 4.78 is 10.2. The van der Waals surface area contributed by atoms with Gasteiger partial charge in [0.15, 0.2) is 0 Å². The van der Waals surface area contributed by atoms with E-state index in [1.807, 2.05) is 0 Å². The Morgan fingerprint density at radius 3 is 2.75 bits per heavy atom. The molecule has 0 amide bonds. The average molecular weight is 137 g/mol. The minimum atomic E-state index is 0.130. The van der Waals surface area contributed by atoms with Gasteiger partial charge in [-0.25, -0.2) is 0 Å². The average Bonchev–Trinajstić information content (AvgIpc) is 1.90. The van der Waals surface area contributed by atoms with E-state index in [1.54, 1.807) is 0 Å². The molecule has 0 aromatic heterocycles. The van der Waals surface area contributed by atoms with Crippen molar-refractivity contribution < 1.29 is 9.47 Å². The number of ether oxygens (including phenoxy) is 2. The molecule has 8 heavy (non-hydrogen) atoms. The van der Waals surface area contributed by atoms with Crippen molar-refractivity contribution in [1.82, 2.24) is 0 Å².